The topological polar surface area (TPSA) is 143 Å². The van der Waals surface area contributed by atoms with Gasteiger partial charge in [-0.3, -0.25) is 19.3 Å². The van der Waals surface area contributed by atoms with E-state index in [2.05, 4.69) is 15.4 Å². The fourth-order valence-corrected chi connectivity index (χ4v) is 5.44. The average molecular weight is 507 g/mol. The Morgan fingerprint density at radius 2 is 2.09 bits per heavy atom. The van der Waals surface area contributed by atoms with Gasteiger partial charge in [0.2, 0.25) is 0 Å². The summed E-state index contributed by atoms with van der Waals surface area (Å²) in [7, 11) is 0. The summed E-state index contributed by atoms with van der Waals surface area (Å²) in [4.78, 5) is 54.2. The number of halogens is 2. The number of aromatic nitrogens is 3. The highest BCUT2D eigenvalue weighted by Gasteiger charge is 2.54. The first-order valence-corrected chi connectivity index (χ1v) is 11.7. The molecule has 5 rings (SSSR count). The third-order valence-corrected chi connectivity index (χ3v) is 7.31. The molecule has 2 fully saturated rings. The molecule has 3 aliphatic rings. The van der Waals surface area contributed by atoms with Crippen molar-refractivity contribution in [3.05, 3.63) is 40.5 Å². The van der Waals surface area contributed by atoms with Gasteiger partial charge in [-0.15, -0.1) is 11.8 Å². The summed E-state index contributed by atoms with van der Waals surface area (Å²) in [6, 6.07) is 0.261. The van der Waals surface area contributed by atoms with Gasteiger partial charge in [-0.2, -0.15) is 5.10 Å². The van der Waals surface area contributed by atoms with E-state index in [4.69, 9.17) is 4.74 Å². The van der Waals surface area contributed by atoms with Gasteiger partial charge in [0.15, 0.2) is 5.65 Å². The van der Waals surface area contributed by atoms with Crippen LogP contribution in [0.15, 0.2) is 23.5 Å². The predicted octanol–water partition coefficient (Wildman–Crippen LogP) is 1.46. The molecule has 1 saturated heterocycles. The maximum Gasteiger partial charge on any atom is 0.352 e. The van der Waals surface area contributed by atoms with Gasteiger partial charge in [-0.25, -0.2) is 23.1 Å². The Labute approximate surface area is 200 Å². The van der Waals surface area contributed by atoms with E-state index in [1.165, 1.54) is 24.8 Å². The van der Waals surface area contributed by atoms with Crippen molar-refractivity contribution in [1.82, 2.24) is 24.8 Å². The molecule has 2 aromatic heterocycles. The molecule has 184 valence electrons. The third-order valence-electron chi connectivity index (χ3n) is 5.97. The Kier molecular flexibility index (Phi) is 5.69. The van der Waals surface area contributed by atoms with Crippen molar-refractivity contribution in [3.63, 3.8) is 0 Å². The summed E-state index contributed by atoms with van der Waals surface area (Å²) in [5.74, 6) is -3.08. The van der Waals surface area contributed by atoms with Crippen molar-refractivity contribution in [2.24, 2.45) is 0 Å². The van der Waals surface area contributed by atoms with E-state index in [1.54, 1.807) is 0 Å². The molecular weight excluding hydrogens is 488 g/mol. The molecule has 0 aromatic carbocycles. The Bertz CT molecular complexity index is 1310. The standard InChI is InChI=1S/C21H19F2N5O6S/c1-8(29)34-6-10-7-35-20-14(19(31)27(20)15(10)21(32)33)26-18(30)11-5-24-28-13(16(22)23)4-12(9-2-3-9)25-17(11)28/h4-5,9,14,16,20H,2-3,6-7H2,1H3,(H,26,30)(H,32,33)/t14-,20-/m1/s1. The minimum Gasteiger partial charge on any atom is -0.477 e. The molecule has 0 spiro atoms. The maximum absolute atomic E-state index is 13.6. The zero-order chi connectivity index (χ0) is 25.0. The lowest BCUT2D eigenvalue weighted by Crippen LogP contribution is -2.70. The number of aliphatic carboxylic acids is 1. The van der Waals surface area contributed by atoms with Crippen molar-refractivity contribution >= 4 is 41.2 Å². The van der Waals surface area contributed by atoms with Gasteiger partial charge >= 0.3 is 11.9 Å². The van der Waals surface area contributed by atoms with E-state index in [9.17, 15) is 33.1 Å². The minimum atomic E-state index is -2.82. The number of fused-ring (bicyclic) bond motifs is 2. The van der Waals surface area contributed by atoms with E-state index in [1.807, 2.05) is 0 Å². The van der Waals surface area contributed by atoms with Crippen LogP contribution >= 0.6 is 11.8 Å². The van der Waals surface area contributed by atoms with Gasteiger partial charge in [-0.1, -0.05) is 0 Å². The number of amides is 2. The summed E-state index contributed by atoms with van der Waals surface area (Å²) >= 11 is 1.21. The monoisotopic (exact) mass is 507 g/mol. The van der Waals surface area contributed by atoms with E-state index < -0.39 is 41.6 Å². The number of thioether (sulfide) groups is 1. The number of nitrogens with zero attached hydrogens (tertiary/aromatic N) is 4. The van der Waals surface area contributed by atoms with Crippen LogP contribution in [0.3, 0.4) is 0 Å². The molecule has 35 heavy (non-hydrogen) atoms. The van der Waals surface area contributed by atoms with E-state index in [0.717, 1.165) is 28.5 Å². The van der Waals surface area contributed by atoms with Crippen LogP contribution in [0, 0.1) is 0 Å². The van der Waals surface area contributed by atoms with Crippen molar-refractivity contribution in [2.75, 3.05) is 12.4 Å². The highest BCUT2D eigenvalue weighted by molar-refractivity contribution is 8.00. The van der Waals surface area contributed by atoms with Gasteiger partial charge in [0.1, 0.15) is 35.0 Å². The van der Waals surface area contributed by atoms with Gasteiger partial charge in [0.25, 0.3) is 18.2 Å². The molecule has 2 amide bonds. The molecular formula is C21H19F2N5O6S. The molecule has 2 aliphatic heterocycles. The lowest BCUT2D eigenvalue weighted by molar-refractivity contribution is -0.149. The van der Waals surface area contributed by atoms with Gasteiger partial charge in [0, 0.05) is 29.9 Å². The molecule has 11 nitrogen and oxygen atoms in total. The first kappa shape index (κ1) is 23.2. The number of rotatable bonds is 7. The molecule has 1 saturated carbocycles. The average Bonchev–Trinajstić information content (AvgIpc) is 3.58. The zero-order valence-corrected chi connectivity index (χ0v) is 19.1. The van der Waals surface area contributed by atoms with E-state index >= 15 is 0 Å². The van der Waals surface area contributed by atoms with Crippen molar-refractivity contribution < 1.29 is 37.8 Å². The number of carbonyl (C=O) groups is 4. The third kappa shape index (κ3) is 4.00. The van der Waals surface area contributed by atoms with Crippen LogP contribution in [0.1, 0.15) is 53.9 Å². The molecule has 2 N–H and O–H groups in total. The van der Waals surface area contributed by atoms with Gasteiger partial charge in [-0.05, 0) is 18.9 Å². The molecule has 0 unspecified atom stereocenters. The van der Waals surface area contributed by atoms with Gasteiger partial charge in [0.05, 0.1) is 6.20 Å². The van der Waals surface area contributed by atoms with Crippen molar-refractivity contribution in [3.8, 4) is 0 Å². The summed E-state index contributed by atoms with van der Waals surface area (Å²) < 4.78 is 33.0. The number of hydrogen-bond donors (Lipinski definition) is 2. The van der Waals surface area contributed by atoms with Crippen LogP contribution in [0.25, 0.3) is 5.65 Å². The molecule has 14 heteroatoms. The van der Waals surface area contributed by atoms with E-state index in [-0.39, 0.29) is 46.5 Å². The molecule has 0 bridgehead atoms. The zero-order valence-electron chi connectivity index (χ0n) is 18.2. The molecule has 1 aliphatic carbocycles. The number of carbonyl (C=O) groups excluding carboxylic acids is 3. The summed E-state index contributed by atoms with van der Waals surface area (Å²) in [6.45, 7) is 0.925. The lowest BCUT2D eigenvalue weighted by atomic mass is 10.0. The predicted molar refractivity (Wildman–Crippen MR) is 116 cm³/mol. The number of hydrogen-bond acceptors (Lipinski definition) is 8. The first-order chi connectivity index (χ1) is 16.7. The molecule has 4 heterocycles. The van der Waals surface area contributed by atoms with E-state index in [0.29, 0.717) is 5.69 Å². The van der Waals surface area contributed by atoms with Crippen molar-refractivity contribution in [1.29, 1.82) is 0 Å². The van der Waals surface area contributed by atoms with Crippen LogP contribution in [0.4, 0.5) is 8.78 Å². The maximum atomic E-state index is 13.6. The number of carboxylic acid groups (broad SMARTS) is 1. The Morgan fingerprint density at radius 3 is 2.71 bits per heavy atom. The van der Waals surface area contributed by atoms with Crippen LogP contribution in [-0.4, -0.2) is 72.1 Å². The highest BCUT2D eigenvalue weighted by atomic mass is 32.2. The highest BCUT2D eigenvalue weighted by Crippen LogP contribution is 2.41. The summed E-state index contributed by atoms with van der Waals surface area (Å²) in [5, 5.41) is 15.4. The number of β-lactam (4-membered cyclic amide) rings is 1. The normalized spacial score (nSPS) is 21.7. The number of ether oxygens (including phenoxy) is 1. The second-order valence-corrected chi connectivity index (χ2v) is 9.48. The largest absolute Gasteiger partial charge is 0.477 e. The Hall–Kier alpha value is -3.55. The SMILES string of the molecule is CC(=O)OCC1=C(C(=O)O)N2C(=O)[C@@H](NC(=O)c3cnn4c(C(F)F)cc(C5CC5)nc34)[C@H]2SC1. The number of nitrogens with one attached hydrogen (secondary N) is 1. The Balaban J connectivity index is 1.39. The number of esters is 1. The smallest absolute Gasteiger partial charge is 0.352 e. The van der Waals surface area contributed by atoms with Crippen LogP contribution < -0.4 is 5.32 Å². The number of carboxylic acids is 1. The Morgan fingerprint density at radius 1 is 1.34 bits per heavy atom. The van der Waals surface area contributed by atoms with Gasteiger partial charge < -0.3 is 15.2 Å². The van der Waals surface area contributed by atoms with Crippen LogP contribution in [0.5, 0.6) is 0 Å². The first-order valence-electron chi connectivity index (χ1n) is 10.7. The second kappa shape index (κ2) is 8.59. The molecule has 2 aromatic rings. The molecule has 0 radical (unpaired) electrons. The van der Waals surface area contributed by atoms with Crippen LogP contribution in [0.2, 0.25) is 0 Å². The quantitative estimate of drug-likeness (QED) is 0.420. The minimum absolute atomic E-state index is 0.0306. The summed E-state index contributed by atoms with van der Waals surface area (Å²) in [5.41, 5.74) is -0.0124. The fraction of sp³-hybridized carbons (Fsp3) is 0.429. The van der Waals surface area contributed by atoms with Crippen molar-refractivity contribution in [2.45, 2.75) is 43.5 Å². The van der Waals surface area contributed by atoms with Crippen LogP contribution in [-0.2, 0) is 19.1 Å². The number of alkyl halides is 2. The second-order valence-electron chi connectivity index (χ2n) is 8.37. The fourth-order valence-electron chi connectivity index (χ4n) is 4.11. The lowest BCUT2D eigenvalue weighted by Gasteiger charge is -2.49. The summed E-state index contributed by atoms with van der Waals surface area (Å²) in [6.07, 6.45) is -0.0524. The molecule has 2 atom stereocenters.